The van der Waals surface area contributed by atoms with E-state index in [2.05, 4.69) is 4.99 Å². The molecule has 0 saturated heterocycles. The summed E-state index contributed by atoms with van der Waals surface area (Å²) >= 11 is 0. The van der Waals surface area contributed by atoms with Gasteiger partial charge in [-0.1, -0.05) is 12.1 Å². The molecule has 0 atom stereocenters. The molecule has 0 aliphatic carbocycles. The van der Waals surface area contributed by atoms with Crippen LogP contribution in [0.2, 0.25) is 0 Å². The number of nitro groups is 2. The normalized spacial score (nSPS) is 10.7. The van der Waals surface area contributed by atoms with E-state index in [1.54, 1.807) is 24.3 Å². The molecule has 2 aromatic rings. The van der Waals surface area contributed by atoms with Gasteiger partial charge in [0.1, 0.15) is 0 Å². The molecule has 0 radical (unpaired) electrons. The second-order valence-corrected chi connectivity index (χ2v) is 4.21. The number of benzene rings is 2. The molecule has 2 aromatic carbocycles. The zero-order valence-corrected chi connectivity index (χ0v) is 11.0. The average molecular weight is 301 g/mol. The van der Waals surface area contributed by atoms with Crippen LogP contribution in [0.1, 0.15) is 5.56 Å². The van der Waals surface area contributed by atoms with Crippen molar-refractivity contribution in [2.45, 2.75) is 0 Å². The maximum atomic E-state index is 11.9. The van der Waals surface area contributed by atoms with Crippen LogP contribution in [0.25, 0.3) is 0 Å². The SMILES string of the molecule is Nc1ccccc1N=Cc1cc([N+](=O)[O-])cc([N+](=O)[O-])c1[O-]. The quantitative estimate of drug-likeness (QED) is 0.394. The highest BCUT2D eigenvalue weighted by Crippen LogP contribution is 2.31. The number of nitrogens with two attached hydrogens (primary N) is 1. The summed E-state index contributed by atoms with van der Waals surface area (Å²) in [5.41, 5.74) is 4.65. The van der Waals surface area contributed by atoms with Gasteiger partial charge in [-0.3, -0.25) is 25.2 Å². The second-order valence-electron chi connectivity index (χ2n) is 4.21. The summed E-state index contributed by atoms with van der Waals surface area (Å²) in [6.45, 7) is 0. The van der Waals surface area contributed by atoms with Crippen molar-refractivity contribution in [1.82, 2.24) is 0 Å². The highest BCUT2D eigenvalue weighted by atomic mass is 16.6. The molecule has 0 heterocycles. The summed E-state index contributed by atoms with van der Waals surface area (Å²) in [6.07, 6.45) is 1.02. The first-order chi connectivity index (χ1) is 10.4. The van der Waals surface area contributed by atoms with E-state index in [0.717, 1.165) is 12.3 Å². The Balaban J connectivity index is 2.53. The number of hydrogen-bond acceptors (Lipinski definition) is 7. The fourth-order valence-electron chi connectivity index (χ4n) is 1.70. The Hall–Kier alpha value is -3.49. The molecule has 0 bridgehead atoms. The molecular weight excluding hydrogens is 292 g/mol. The number of nitrogen functional groups attached to an aromatic ring is 1. The summed E-state index contributed by atoms with van der Waals surface area (Å²) in [4.78, 5) is 23.7. The van der Waals surface area contributed by atoms with Crippen LogP contribution in [0, 0.1) is 20.2 Å². The van der Waals surface area contributed by atoms with Crippen molar-refractivity contribution in [2.75, 3.05) is 5.73 Å². The van der Waals surface area contributed by atoms with Crippen LogP contribution in [0.5, 0.6) is 5.75 Å². The van der Waals surface area contributed by atoms with Crippen molar-refractivity contribution in [3.05, 3.63) is 62.2 Å². The van der Waals surface area contributed by atoms with Crippen LogP contribution >= 0.6 is 0 Å². The Kier molecular flexibility index (Phi) is 3.98. The van der Waals surface area contributed by atoms with Crippen molar-refractivity contribution >= 4 is 29.0 Å². The van der Waals surface area contributed by atoms with E-state index in [-0.39, 0.29) is 5.56 Å². The van der Waals surface area contributed by atoms with E-state index in [9.17, 15) is 25.3 Å². The lowest BCUT2D eigenvalue weighted by Gasteiger charge is -2.10. The number of nitrogens with zero attached hydrogens (tertiary/aromatic N) is 3. The van der Waals surface area contributed by atoms with E-state index in [1.807, 2.05) is 0 Å². The topological polar surface area (TPSA) is 148 Å². The fourth-order valence-corrected chi connectivity index (χ4v) is 1.70. The summed E-state index contributed by atoms with van der Waals surface area (Å²) in [5, 5.41) is 33.5. The van der Waals surface area contributed by atoms with E-state index >= 15 is 0 Å². The minimum atomic E-state index is -0.969. The average Bonchev–Trinajstić information content (AvgIpc) is 2.47. The minimum absolute atomic E-state index is 0.260. The van der Waals surface area contributed by atoms with Crippen LogP contribution in [0.15, 0.2) is 41.4 Å². The number of nitro benzene ring substituents is 2. The fraction of sp³-hybridized carbons (Fsp3) is 0. The van der Waals surface area contributed by atoms with Gasteiger partial charge >= 0.3 is 0 Å². The van der Waals surface area contributed by atoms with Gasteiger partial charge in [0.25, 0.3) is 11.4 Å². The van der Waals surface area contributed by atoms with Crippen molar-refractivity contribution < 1.29 is 15.0 Å². The lowest BCUT2D eigenvalue weighted by Crippen LogP contribution is -2.03. The number of para-hydroxylation sites is 2. The lowest BCUT2D eigenvalue weighted by atomic mass is 10.1. The maximum Gasteiger partial charge on any atom is 0.276 e. The van der Waals surface area contributed by atoms with Crippen LogP contribution in [-0.4, -0.2) is 16.1 Å². The number of anilines is 1. The molecule has 2 rings (SSSR count). The maximum absolute atomic E-state index is 11.9. The van der Waals surface area contributed by atoms with Crippen LogP contribution in [0.4, 0.5) is 22.7 Å². The van der Waals surface area contributed by atoms with E-state index in [4.69, 9.17) is 5.73 Å². The van der Waals surface area contributed by atoms with Crippen molar-refractivity contribution in [2.24, 2.45) is 4.99 Å². The smallest absolute Gasteiger partial charge is 0.276 e. The lowest BCUT2D eigenvalue weighted by molar-refractivity contribution is -0.403. The van der Waals surface area contributed by atoms with E-state index < -0.39 is 27.0 Å². The summed E-state index contributed by atoms with van der Waals surface area (Å²) in [5.74, 6) is -0.950. The molecule has 0 aromatic heterocycles. The van der Waals surface area contributed by atoms with Gasteiger partial charge in [0.05, 0.1) is 27.3 Å². The number of aliphatic imine (C=N–C) groups is 1. The third-order valence-corrected chi connectivity index (χ3v) is 2.77. The van der Waals surface area contributed by atoms with E-state index in [0.29, 0.717) is 17.4 Å². The van der Waals surface area contributed by atoms with Gasteiger partial charge in [0.15, 0.2) is 0 Å². The Morgan fingerprint density at radius 2 is 1.77 bits per heavy atom. The molecule has 0 aliphatic heterocycles. The molecule has 9 nitrogen and oxygen atoms in total. The van der Waals surface area contributed by atoms with Gasteiger partial charge in [-0.2, -0.15) is 0 Å². The van der Waals surface area contributed by atoms with Gasteiger partial charge in [0.2, 0.25) is 0 Å². The predicted octanol–water partition coefficient (Wildman–Crippen LogP) is 1.91. The van der Waals surface area contributed by atoms with Gasteiger partial charge in [0, 0.05) is 12.3 Å². The van der Waals surface area contributed by atoms with Crippen molar-refractivity contribution in [1.29, 1.82) is 0 Å². The highest BCUT2D eigenvalue weighted by molar-refractivity contribution is 5.89. The largest absolute Gasteiger partial charge is 0.867 e. The molecule has 0 aliphatic rings. The molecule has 0 saturated carbocycles. The Morgan fingerprint density at radius 3 is 2.36 bits per heavy atom. The van der Waals surface area contributed by atoms with Crippen LogP contribution < -0.4 is 10.8 Å². The number of non-ortho nitro benzene ring substituents is 1. The molecule has 0 spiro atoms. The summed E-state index contributed by atoms with van der Waals surface area (Å²) in [6, 6.07) is 8.06. The Morgan fingerprint density at radius 1 is 1.09 bits per heavy atom. The molecular formula is C13H9N4O5-. The first-order valence-corrected chi connectivity index (χ1v) is 5.92. The van der Waals surface area contributed by atoms with Crippen LogP contribution in [-0.2, 0) is 0 Å². The van der Waals surface area contributed by atoms with Crippen LogP contribution in [0.3, 0.4) is 0 Å². The standard InChI is InChI=1S/C13H10N4O5/c14-10-3-1-2-4-11(10)15-7-8-5-9(16(19)20)6-12(13(8)18)17(21)22/h1-7,18H,14H2/p-1. The predicted molar refractivity (Wildman–Crippen MR) is 77.3 cm³/mol. The summed E-state index contributed by atoms with van der Waals surface area (Å²) < 4.78 is 0. The molecule has 0 amide bonds. The first-order valence-electron chi connectivity index (χ1n) is 5.92. The molecule has 112 valence electrons. The van der Waals surface area contributed by atoms with E-state index in [1.165, 1.54) is 0 Å². The molecule has 9 heteroatoms. The molecule has 0 unspecified atom stereocenters. The molecule has 2 N–H and O–H groups in total. The third-order valence-electron chi connectivity index (χ3n) is 2.77. The molecule has 0 fully saturated rings. The number of rotatable bonds is 4. The minimum Gasteiger partial charge on any atom is -0.867 e. The van der Waals surface area contributed by atoms with Gasteiger partial charge in [-0.15, -0.1) is 0 Å². The summed E-state index contributed by atoms with van der Waals surface area (Å²) in [7, 11) is 0. The van der Waals surface area contributed by atoms with Crippen molar-refractivity contribution in [3.8, 4) is 5.75 Å². The first kappa shape index (κ1) is 14.9. The monoisotopic (exact) mass is 301 g/mol. The van der Waals surface area contributed by atoms with Gasteiger partial charge < -0.3 is 10.8 Å². The van der Waals surface area contributed by atoms with Gasteiger partial charge in [-0.25, -0.2) is 0 Å². The number of hydrogen-bond donors (Lipinski definition) is 1. The van der Waals surface area contributed by atoms with Crippen molar-refractivity contribution in [3.63, 3.8) is 0 Å². The Labute approximate surface area is 123 Å². The third kappa shape index (κ3) is 2.98. The molecule has 22 heavy (non-hydrogen) atoms. The zero-order valence-electron chi connectivity index (χ0n) is 11.0. The Bertz CT molecular complexity index is 788. The second kappa shape index (κ2) is 5.87. The zero-order chi connectivity index (χ0) is 16.3. The highest BCUT2D eigenvalue weighted by Gasteiger charge is 2.18. The van der Waals surface area contributed by atoms with Gasteiger partial charge in [-0.05, 0) is 23.4 Å².